The van der Waals surface area contributed by atoms with Gasteiger partial charge in [-0.3, -0.25) is 9.59 Å². The zero-order valence-electron chi connectivity index (χ0n) is 10.7. The van der Waals surface area contributed by atoms with E-state index in [2.05, 4.69) is 15.6 Å². The predicted molar refractivity (Wildman–Crippen MR) is 63.1 cm³/mol. The van der Waals surface area contributed by atoms with Gasteiger partial charge < -0.3 is 10.6 Å². The van der Waals surface area contributed by atoms with Gasteiger partial charge in [0.1, 0.15) is 11.6 Å². The summed E-state index contributed by atoms with van der Waals surface area (Å²) in [6.07, 6.45) is 2.22. The summed E-state index contributed by atoms with van der Waals surface area (Å²) in [5.41, 5.74) is -1.16. The van der Waals surface area contributed by atoms with Crippen LogP contribution in [-0.4, -0.2) is 36.5 Å². The second-order valence-electron chi connectivity index (χ2n) is 3.88. The van der Waals surface area contributed by atoms with Crippen molar-refractivity contribution < 1.29 is 14.4 Å². The Morgan fingerprint density at radius 3 is 2.35 bits per heavy atom. The Balaban J connectivity index is 4.81. The minimum absolute atomic E-state index is 0.269. The zero-order valence-corrected chi connectivity index (χ0v) is 10.7. The lowest BCUT2D eigenvalue weighted by Gasteiger charge is -2.24. The molecule has 0 fully saturated rings. The molecule has 0 aromatic rings. The molecule has 0 bridgehead atoms. The summed E-state index contributed by atoms with van der Waals surface area (Å²) in [6.45, 7) is 5.05. The van der Waals surface area contributed by atoms with E-state index in [0.717, 1.165) is 0 Å². The van der Waals surface area contributed by atoms with Gasteiger partial charge in [-0.25, -0.2) is 4.79 Å². The summed E-state index contributed by atoms with van der Waals surface area (Å²) in [7, 11) is 1.50. The lowest BCUT2D eigenvalue weighted by molar-refractivity contribution is -0.131. The molecule has 0 spiro atoms. The van der Waals surface area contributed by atoms with Crippen LogP contribution in [0.5, 0.6) is 0 Å². The molecule has 0 rings (SSSR count). The Bertz CT molecular complexity index is 337. The zero-order chi connectivity index (χ0) is 13.5. The number of hydrogen-bond acceptors (Lipinski definition) is 4. The number of aliphatic imine (C=N–C) groups is 1. The van der Waals surface area contributed by atoms with Crippen LogP contribution in [0.2, 0.25) is 0 Å². The number of amides is 2. The van der Waals surface area contributed by atoms with Crippen molar-refractivity contribution in [3.05, 3.63) is 0 Å². The van der Waals surface area contributed by atoms with Crippen LogP contribution < -0.4 is 10.6 Å². The van der Waals surface area contributed by atoms with Crippen molar-refractivity contribution in [3.8, 4) is 0 Å². The van der Waals surface area contributed by atoms with Crippen LogP contribution in [0.3, 0.4) is 0 Å². The van der Waals surface area contributed by atoms with E-state index in [1.807, 2.05) is 0 Å². The number of isocyanates is 1. The average Bonchev–Trinajstić information content (AvgIpc) is 2.34. The maximum absolute atomic E-state index is 11.9. The summed E-state index contributed by atoms with van der Waals surface area (Å²) in [5.74, 6) is -0.715. The lowest BCUT2D eigenvalue weighted by atomic mass is 9.98. The van der Waals surface area contributed by atoms with Gasteiger partial charge in [0.25, 0.3) is 0 Å². The van der Waals surface area contributed by atoms with E-state index in [9.17, 15) is 14.4 Å². The third-order valence-corrected chi connectivity index (χ3v) is 2.75. The number of nitrogens with zero attached hydrogens (tertiary/aromatic N) is 1. The van der Waals surface area contributed by atoms with Gasteiger partial charge >= 0.3 is 0 Å². The molecular weight excluding hydrogens is 222 g/mol. The Hall–Kier alpha value is -1.68. The summed E-state index contributed by atoms with van der Waals surface area (Å²) in [5, 5.41) is 5.03. The summed E-state index contributed by atoms with van der Waals surface area (Å²) in [6, 6.07) is -0.611. The Morgan fingerprint density at radius 2 is 2.00 bits per heavy atom. The maximum atomic E-state index is 11.9. The summed E-state index contributed by atoms with van der Waals surface area (Å²) >= 11 is 0. The molecule has 2 N–H and O–H groups in total. The fourth-order valence-corrected chi connectivity index (χ4v) is 1.23. The van der Waals surface area contributed by atoms with Crippen molar-refractivity contribution >= 4 is 17.9 Å². The second-order valence-corrected chi connectivity index (χ2v) is 3.88. The molecule has 0 radical (unpaired) electrons. The molecular formula is C11H19N3O3. The third-order valence-electron chi connectivity index (χ3n) is 2.75. The molecule has 0 aliphatic heterocycles. The molecule has 0 aromatic carbocycles. The number of nitrogens with one attached hydrogen (secondary N) is 2. The molecule has 2 atom stereocenters. The van der Waals surface area contributed by atoms with Gasteiger partial charge in [0, 0.05) is 7.05 Å². The number of hydrogen-bond donors (Lipinski definition) is 2. The van der Waals surface area contributed by atoms with Gasteiger partial charge in [0.05, 0.1) is 0 Å². The van der Waals surface area contributed by atoms with Crippen LogP contribution in [0.15, 0.2) is 4.99 Å². The Morgan fingerprint density at radius 1 is 1.41 bits per heavy atom. The molecule has 17 heavy (non-hydrogen) atoms. The number of carbonyl (C=O) groups is 2. The van der Waals surface area contributed by atoms with Crippen molar-refractivity contribution in [1.82, 2.24) is 10.6 Å². The Kier molecular flexibility index (Phi) is 6.13. The standard InChI is InChI=1S/C11H19N3O3/c1-5-8(9(16)12-4)14-10(17)11(3,6-2)13-7-15/h8H,5-6H2,1-4H3,(H,12,16)(H,14,17). The van der Waals surface area contributed by atoms with E-state index in [-0.39, 0.29) is 5.91 Å². The number of likely N-dealkylation sites (N-methyl/N-ethyl adjacent to an activating group) is 1. The van der Waals surface area contributed by atoms with Crippen molar-refractivity contribution in [2.24, 2.45) is 4.99 Å². The van der Waals surface area contributed by atoms with E-state index in [0.29, 0.717) is 12.8 Å². The van der Waals surface area contributed by atoms with E-state index < -0.39 is 17.5 Å². The normalized spacial score (nSPS) is 15.1. The number of carbonyl (C=O) groups excluding carboxylic acids is 3. The highest BCUT2D eigenvalue weighted by Crippen LogP contribution is 2.15. The molecule has 0 saturated heterocycles. The topological polar surface area (TPSA) is 87.6 Å². The van der Waals surface area contributed by atoms with E-state index in [1.54, 1.807) is 13.8 Å². The molecule has 6 heteroatoms. The summed E-state index contributed by atoms with van der Waals surface area (Å²) < 4.78 is 0. The van der Waals surface area contributed by atoms with Crippen LogP contribution in [0.1, 0.15) is 33.6 Å². The van der Waals surface area contributed by atoms with Crippen LogP contribution in [0, 0.1) is 0 Å². The van der Waals surface area contributed by atoms with Crippen LogP contribution >= 0.6 is 0 Å². The van der Waals surface area contributed by atoms with Crippen molar-refractivity contribution in [3.63, 3.8) is 0 Å². The molecule has 0 heterocycles. The first kappa shape index (κ1) is 15.3. The van der Waals surface area contributed by atoms with Crippen molar-refractivity contribution in [2.45, 2.75) is 45.2 Å². The molecule has 2 amide bonds. The van der Waals surface area contributed by atoms with Gasteiger partial charge in [-0.15, -0.1) is 0 Å². The van der Waals surface area contributed by atoms with Crippen LogP contribution in [0.4, 0.5) is 0 Å². The summed E-state index contributed by atoms with van der Waals surface area (Å²) in [4.78, 5) is 37.1. The van der Waals surface area contributed by atoms with Crippen molar-refractivity contribution in [2.75, 3.05) is 7.05 Å². The molecule has 2 unspecified atom stereocenters. The SMILES string of the molecule is CCC(NC(=O)C(C)(CC)N=C=O)C(=O)NC. The average molecular weight is 241 g/mol. The monoisotopic (exact) mass is 241 g/mol. The highest BCUT2D eigenvalue weighted by Gasteiger charge is 2.33. The third kappa shape index (κ3) is 4.00. The first-order valence-corrected chi connectivity index (χ1v) is 5.56. The van der Waals surface area contributed by atoms with Gasteiger partial charge in [-0.05, 0) is 19.8 Å². The van der Waals surface area contributed by atoms with Gasteiger partial charge in [-0.2, -0.15) is 4.99 Å². The van der Waals surface area contributed by atoms with Gasteiger partial charge in [0.15, 0.2) is 0 Å². The van der Waals surface area contributed by atoms with Crippen molar-refractivity contribution in [1.29, 1.82) is 0 Å². The van der Waals surface area contributed by atoms with E-state index in [4.69, 9.17) is 0 Å². The van der Waals surface area contributed by atoms with E-state index >= 15 is 0 Å². The highest BCUT2D eigenvalue weighted by atomic mass is 16.2. The molecule has 0 saturated carbocycles. The second kappa shape index (κ2) is 6.81. The largest absolute Gasteiger partial charge is 0.357 e. The highest BCUT2D eigenvalue weighted by molar-refractivity contribution is 5.92. The first-order valence-electron chi connectivity index (χ1n) is 5.56. The fourth-order valence-electron chi connectivity index (χ4n) is 1.23. The first-order chi connectivity index (χ1) is 7.95. The van der Waals surface area contributed by atoms with Crippen LogP contribution in [-0.2, 0) is 14.4 Å². The fraction of sp³-hybridized carbons (Fsp3) is 0.727. The minimum Gasteiger partial charge on any atom is -0.357 e. The molecule has 0 aliphatic carbocycles. The molecule has 0 aromatic heterocycles. The maximum Gasteiger partial charge on any atom is 0.249 e. The van der Waals surface area contributed by atoms with E-state index in [1.165, 1.54) is 20.1 Å². The van der Waals surface area contributed by atoms with Gasteiger partial charge in [-0.1, -0.05) is 13.8 Å². The molecule has 0 aliphatic rings. The smallest absolute Gasteiger partial charge is 0.249 e. The molecule has 6 nitrogen and oxygen atoms in total. The number of rotatable bonds is 6. The molecule has 96 valence electrons. The van der Waals surface area contributed by atoms with Crippen LogP contribution in [0.25, 0.3) is 0 Å². The lowest BCUT2D eigenvalue weighted by Crippen LogP contribution is -2.52. The minimum atomic E-state index is -1.16. The predicted octanol–water partition coefficient (Wildman–Crippen LogP) is 0.132. The van der Waals surface area contributed by atoms with Gasteiger partial charge in [0.2, 0.25) is 17.9 Å². The Labute approximate surface area is 101 Å². The quantitative estimate of drug-likeness (QED) is 0.512.